The Hall–Kier alpha value is -4.94. The van der Waals surface area contributed by atoms with Gasteiger partial charge in [-0.15, -0.1) is 0 Å². The van der Waals surface area contributed by atoms with Gasteiger partial charge in [0, 0.05) is 59.5 Å². The van der Waals surface area contributed by atoms with Crippen LogP contribution in [0.25, 0.3) is 5.57 Å². The van der Waals surface area contributed by atoms with Crippen LogP contribution in [-0.2, 0) is 62.5 Å². The van der Waals surface area contributed by atoms with Crippen molar-refractivity contribution >= 4 is 69.1 Å². The summed E-state index contributed by atoms with van der Waals surface area (Å²) in [6.07, 6.45) is 8.26. The lowest BCUT2D eigenvalue weighted by molar-refractivity contribution is -0.438. The SMILES string of the molecule is CC1(C)C(/C=C/C2=C(c3ccc(CCC(=O)O)c(F)c3F)C(=C/C=C3/N(CCCCS(=O)(=O)O)c4ccc(S(=O)(=O)O)cc4C3(C)C)/CCC2)=[N+](CCCCS(=O)(=O)O)c2ccc(S(=O)(=O)O)cc21. The third-order valence-corrected chi connectivity index (χ3v) is 16.2. The molecule has 69 heavy (non-hydrogen) atoms. The van der Waals surface area contributed by atoms with Crippen molar-refractivity contribution in [2.24, 2.45) is 0 Å². The second kappa shape index (κ2) is 20.1. The summed E-state index contributed by atoms with van der Waals surface area (Å²) in [5.41, 5.74) is 2.68. The van der Waals surface area contributed by atoms with Gasteiger partial charge >= 0.3 is 5.97 Å². The van der Waals surface area contributed by atoms with Gasteiger partial charge < -0.3 is 10.0 Å². The lowest BCUT2D eigenvalue weighted by Crippen LogP contribution is -2.28. The van der Waals surface area contributed by atoms with Gasteiger partial charge in [0.05, 0.1) is 26.7 Å². The minimum atomic E-state index is -4.62. The molecule has 2 aliphatic heterocycles. The number of benzene rings is 3. The highest BCUT2D eigenvalue weighted by Gasteiger charge is 2.45. The first-order valence-corrected chi connectivity index (χ1v) is 28.1. The summed E-state index contributed by atoms with van der Waals surface area (Å²) in [5, 5.41) is 9.27. The number of carboxylic acids is 1. The van der Waals surface area contributed by atoms with E-state index in [-0.39, 0.29) is 66.1 Å². The van der Waals surface area contributed by atoms with Gasteiger partial charge in [-0.25, -0.2) is 8.78 Å². The van der Waals surface area contributed by atoms with Crippen LogP contribution in [0.5, 0.6) is 0 Å². The van der Waals surface area contributed by atoms with E-state index < -0.39 is 86.8 Å². The highest BCUT2D eigenvalue weighted by Crippen LogP contribution is 2.49. The molecule has 3 aliphatic rings. The molecule has 5 N–H and O–H groups in total. The number of aryl methyl sites for hydroxylation is 1. The van der Waals surface area contributed by atoms with Crippen LogP contribution in [0.2, 0.25) is 0 Å². The van der Waals surface area contributed by atoms with Gasteiger partial charge in [-0.2, -0.15) is 38.2 Å². The molecule has 0 radical (unpaired) electrons. The quantitative estimate of drug-likeness (QED) is 0.0433. The van der Waals surface area contributed by atoms with E-state index in [0.717, 1.165) is 0 Å². The van der Waals surface area contributed by atoms with E-state index in [0.29, 0.717) is 69.9 Å². The molecule has 6 rings (SSSR count). The van der Waals surface area contributed by atoms with Crippen molar-refractivity contribution in [1.82, 2.24) is 0 Å². The molecule has 374 valence electrons. The smallest absolute Gasteiger partial charge is 0.303 e. The van der Waals surface area contributed by atoms with Crippen LogP contribution in [-0.4, -0.2) is 97.8 Å². The molecule has 0 unspecified atom stereocenters. The van der Waals surface area contributed by atoms with Gasteiger partial charge in [-0.05, 0) is 123 Å². The third-order valence-electron chi connectivity index (χ3n) is 12.8. The second-order valence-electron chi connectivity index (χ2n) is 18.4. The summed E-state index contributed by atoms with van der Waals surface area (Å²) in [6, 6.07) is 11.0. The number of carboxylic acid groups (broad SMARTS) is 1. The van der Waals surface area contributed by atoms with Crippen LogP contribution in [0.1, 0.15) is 101 Å². The second-order valence-corrected chi connectivity index (χ2v) is 24.3. The molecule has 0 aromatic heterocycles. The first-order valence-electron chi connectivity index (χ1n) is 22.0. The molecule has 0 saturated carbocycles. The Morgan fingerprint density at radius 1 is 0.725 bits per heavy atom. The van der Waals surface area contributed by atoms with Gasteiger partial charge in [0.25, 0.3) is 40.5 Å². The van der Waals surface area contributed by atoms with E-state index in [4.69, 9.17) is 0 Å². The Labute approximate surface area is 401 Å². The Morgan fingerprint density at radius 2 is 1.33 bits per heavy atom. The molecule has 2 heterocycles. The van der Waals surface area contributed by atoms with Gasteiger partial charge in [0.2, 0.25) is 5.69 Å². The van der Waals surface area contributed by atoms with Crippen LogP contribution < -0.4 is 4.90 Å². The van der Waals surface area contributed by atoms with Crippen molar-refractivity contribution < 1.29 is 75.1 Å². The topological polar surface area (TPSA) is 261 Å². The van der Waals surface area contributed by atoms with Gasteiger partial charge in [0.1, 0.15) is 6.54 Å². The molecule has 0 fully saturated rings. The molecule has 1 aliphatic carbocycles. The van der Waals surface area contributed by atoms with Crippen LogP contribution in [0.3, 0.4) is 0 Å². The number of allylic oxidation sites excluding steroid dienone is 8. The molecular formula is C47H55F2N2O14S4+. The van der Waals surface area contributed by atoms with Gasteiger partial charge in [-0.3, -0.25) is 23.0 Å². The standard InChI is InChI=1S/C47H54F2N2O14S4/c1-46(2)36-28-33(68(60,61)62)16-19-38(36)50(24-5-7-26-66(54,55)56)40(46)21-13-30-10-9-11-31(43(30)35-18-12-32(15-23-42(52)53)44(48)45(35)49)14-22-41-47(3,4)37-29-34(69(63,64)65)17-20-39(37)51(41)25-6-8-27-67(57,58)59/h12-14,16-22,28-29H,5-11,15,23-27H2,1-4H3,(H4-,52,53,54,55,56,57,58,59,60,61,62,63,64,65)/p+1. The molecular weight excluding hydrogens is 983 g/mol. The Kier molecular flexibility index (Phi) is 15.5. The fourth-order valence-electron chi connectivity index (χ4n) is 9.40. The maximum Gasteiger partial charge on any atom is 0.303 e. The van der Waals surface area contributed by atoms with Crippen LogP contribution >= 0.6 is 0 Å². The zero-order valence-electron chi connectivity index (χ0n) is 38.3. The molecule has 0 amide bonds. The summed E-state index contributed by atoms with van der Waals surface area (Å²) in [5.74, 6) is -4.63. The fraction of sp³-hybridized carbons (Fsp3) is 0.404. The van der Waals surface area contributed by atoms with Crippen LogP contribution in [0.15, 0.2) is 99.5 Å². The van der Waals surface area contributed by atoms with Crippen molar-refractivity contribution in [3.8, 4) is 0 Å². The Bertz CT molecular complexity index is 3210. The van der Waals surface area contributed by atoms with E-state index in [1.54, 1.807) is 24.3 Å². The summed E-state index contributed by atoms with van der Waals surface area (Å²) in [4.78, 5) is 12.5. The first-order chi connectivity index (χ1) is 31.9. The molecule has 0 saturated heterocycles. The number of unbranched alkanes of at least 4 members (excludes halogenated alkanes) is 2. The minimum Gasteiger partial charge on any atom is -0.481 e. The number of fused-ring (bicyclic) bond motifs is 2. The number of halogens is 2. The highest BCUT2D eigenvalue weighted by molar-refractivity contribution is 7.86. The largest absolute Gasteiger partial charge is 0.481 e. The monoisotopic (exact) mass is 1040 g/mol. The molecule has 16 nitrogen and oxygen atoms in total. The number of anilines is 1. The van der Waals surface area contributed by atoms with E-state index >= 15 is 8.78 Å². The van der Waals surface area contributed by atoms with Crippen LogP contribution in [0, 0.1) is 11.6 Å². The predicted molar refractivity (Wildman–Crippen MR) is 255 cm³/mol. The predicted octanol–water partition coefficient (Wildman–Crippen LogP) is 7.99. The summed E-state index contributed by atoms with van der Waals surface area (Å²) in [6.45, 7) is 7.73. The molecule has 0 spiro atoms. The maximum absolute atomic E-state index is 16.6. The summed E-state index contributed by atoms with van der Waals surface area (Å²) < 4.78 is 168. The van der Waals surface area contributed by atoms with Gasteiger partial charge in [0.15, 0.2) is 17.3 Å². The third kappa shape index (κ3) is 12.2. The number of rotatable bonds is 19. The Balaban J connectivity index is 1.54. The van der Waals surface area contributed by atoms with E-state index in [2.05, 4.69) is 0 Å². The van der Waals surface area contributed by atoms with Crippen molar-refractivity contribution in [3.05, 3.63) is 124 Å². The van der Waals surface area contributed by atoms with E-state index in [1.165, 1.54) is 48.5 Å². The number of nitrogens with zero attached hydrogens (tertiary/aromatic N) is 2. The first kappa shape index (κ1) is 53.4. The van der Waals surface area contributed by atoms with Crippen molar-refractivity contribution in [3.63, 3.8) is 0 Å². The van der Waals surface area contributed by atoms with Crippen molar-refractivity contribution in [2.75, 3.05) is 29.5 Å². The Morgan fingerprint density at radius 3 is 1.94 bits per heavy atom. The number of aliphatic carboxylic acids is 1. The van der Waals surface area contributed by atoms with Crippen molar-refractivity contribution in [1.29, 1.82) is 0 Å². The molecule has 0 bridgehead atoms. The van der Waals surface area contributed by atoms with Crippen LogP contribution in [0.4, 0.5) is 20.2 Å². The fourth-order valence-corrected chi connectivity index (χ4v) is 11.6. The maximum atomic E-state index is 16.6. The zero-order chi connectivity index (χ0) is 51.1. The molecule has 22 heteroatoms. The average molecular weight is 1040 g/mol. The highest BCUT2D eigenvalue weighted by atomic mass is 32.2. The van der Waals surface area contributed by atoms with E-state index in [1.807, 2.05) is 37.2 Å². The average Bonchev–Trinajstić information content (AvgIpc) is 3.58. The number of hydrogen-bond acceptors (Lipinski definition) is 10. The summed E-state index contributed by atoms with van der Waals surface area (Å²) in [7, 11) is -17.8. The molecule has 0 atom stereocenters. The zero-order valence-corrected chi connectivity index (χ0v) is 41.6. The normalized spacial score (nSPS) is 18.5. The lowest BCUT2D eigenvalue weighted by atomic mass is 9.79. The van der Waals surface area contributed by atoms with Crippen molar-refractivity contribution in [2.45, 2.75) is 106 Å². The molecule has 3 aromatic rings. The lowest BCUT2D eigenvalue weighted by Gasteiger charge is -2.28. The van der Waals surface area contributed by atoms with E-state index in [9.17, 15) is 61.8 Å². The van der Waals surface area contributed by atoms with Gasteiger partial charge in [-0.1, -0.05) is 38.1 Å². The minimum absolute atomic E-state index is 0.0863. The number of hydrogen-bond donors (Lipinski definition) is 5. The number of carbonyl (C=O) groups is 1. The summed E-state index contributed by atoms with van der Waals surface area (Å²) >= 11 is 0. The molecule has 3 aromatic carbocycles.